The molecule has 0 atom stereocenters. The Morgan fingerprint density at radius 3 is 2.43 bits per heavy atom. The summed E-state index contributed by atoms with van der Waals surface area (Å²) in [7, 11) is 1.72. The number of carbonyl (C=O) groups excluding carboxylic acids is 1. The molecule has 166 valence electrons. The Hall–Kier alpha value is -1.72. The second-order valence-electron chi connectivity index (χ2n) is 8.98. The zero-order valence-corrected chi connectivity index (χ0v) is 19.4. The highest BCUT2D eigenvalue weighted by atomic mass is 35.5. The minimum Gasteiger partial charge on any atom is -0.495 e. The van der Waals surface area contributed by atoms with Crippen LogP contribution in [0.25, 0.3) is 10.9 Å². The van der Waals surface area contributed by atoms with E-state index in [9.17, 15) is 4.79 Å². The van der Waals surface area contributed by atoms with Crippen molar-refractivity contribution in [3.05, 3.63) is 30.0 Å². The standard InChI is InChI=1S/C24H35N3O2.ClH/c1-18(2)25-12-14-26(15-13-25)24(28)21-17-27(16-19-8-5-4-6-9-19)23-20(21)10-7-11-22(23)29-3;/h7,10-11,17-19H,4-6,8-9,12-16H2,1-3H3;1H. The van der Waals surface area contributed by atoms with Crippen molar-refractivity contribution >= 4 is 29.2 Å². The summed E-state index contributed by atoms with van der Waals surface area (Å²) in [5.74, 6) is 1.72. The first kappa shape index (κ1) is 23.0. The minimum absolute atomic E-state index is 0. The molecule has 2 heterocycles. The van der Waals surface area contributed by atoms with Crippen LogP contribution < -0.4 is 4.74 Å². The van der Waals surface area contributed by atoms with Crippen molar-refractivity contribution in [2.45, 2.75) is 58.5 Å². The Kier molecular flexibility index (Phi) is 7.70. The molecule has 0 radical (unpaired) electrons. The van der Waals surface area contributed by atoms with Gasteiger partial charge in [-0.15, -0.1) is 12.4 Å². The number of hydrogen-bond acceptors (Lipinski definition) is 3. The number of para-hydroxylation sites is 1. The maximum absolute atomic E-state index is 13.4. The van der Waals surface area contributed by atoms with Crippen molar-refractivity contribution in [2.24, 2.45) is 5.92 Å². The van der Waals surface area contributed by atoms with Crippen molar-refractivity contribution in [1.29, 1.82) is 0 Å². The molecule has 0 N–H and O–H groups in total. The summed E-state index contributed by atoms with van der Waals surface area (Å²) >= 11 is 0. The number of hydrogen-bond donors (Lipinski definition) is 0. The lowest BCUT2D eigenvalue weighted by atomic mass is 9.89. The molecule has 0 unspecified atom stereocenters. The lowest BCUT2D eigenvalue weighted by Crippen LogP contribution is -2.50. The van der Waals surface area contributed by atoms with Gasteiger partial charge in [0, 0.05) is 50.3 Å². The summed E-state index contributed by atoms with van der Waals surface area (Å²) in [6, 6.07) is 6.62. The molecule has 0 spiro atoms. The fraction of sp³-hybridized carbons (Fsp3) is 0.625. The maximum atomic E-state index is 13.4. The van der Waals surface area contributed by atoms with Crippen molar-refractivity contribution < 1.29 is 9.53 Å². The van der Waals surface area contributed by atoms with Crippen LogP contribution in [-0.4, -0.2) is 59.6 Å². The number of nitrogens with zero attached hydrogens (tertiary/aromatic N) is 3. The number of methoxy groups -OCH3 is 1. The van der Waals surface area contributed by atoms with Gasteiger partial charge < -0.3 is 14.2 Å². The normalized spacial score (nSPS) is 18.6. The van der Waals surface area contributed by atoms with E-state index in [2.05, 4.69) is 35.6 Å². The Labute approximate surface area is 186 Å². The van der Waals surface area contributed by atoms with Crippen LogP contribution in [0.3, 0.4) is 0 Å². The Morgan fingerprint density at radius 1 is 1.10 bits per heavy atom. The van der Waals surface area contributed by atoms with E-state index in [0.29, 0.717) is 12.0 Å². The molecule has 0 bridgehead atoms. The van der Waals surface area contributed by atoms with Crippen LogP contribution in [0.4, 0.5) is 0 Å². The fourth-order valence-corrected chi connectivity index (χ4v) is 5.06. The van der Waals surface area contributed by atoms with Gasteiger partial charge in [-0.2, -0.15) is 0 Å². The van der Waals surface area contributed by atoms with Crippen molar-refractivity contribution in [1.82, 2.24) is 14.4 Å². The first-order chi connectivity index (χ1) is 14.1. The molecule has 1 amide bonds. The molecule has 1 aromatic carbocycles. The zero-order chi connectivity index (χ0) is 20.4. The number of aromatic nitrogens is 1. The van der Waals surface area contributed by atoms with E-state index in [1.807, 2.05) is 17.0 Å². The van der Waals surface area contributed by atoms with Gasteiger partial charge in [0.25, 0.3) is 5.91 Å². The molecule has 6 heteroatoms. The molecule has 1 aliphatic carbocycles. The average molecular weight is 434 g/mol. The summed E-state index contributed by atoms with van der Waals surface area (Å²) < 4.78 is 7.98. The van der Waals surface area contributed by atoms with E-state index in [1.165, 1.54) is 32.1 Å². The van der Waals surface area contributed by atoms with E-state index in [4.69, 9.17) is 4.74 Å². The number of amides is 1. The molecular weight excluding hydrogens is 398 g/mol. The van der Waals surface area contributed by atoms with Crippen molar-refractivity contribution in [3.63, 3.8) is 0 Å². The minimum atomic E-state index is 0. The number of fused-ring (bicyclic) bond motifs is 1. The second kappa shape index (κ2) is 10.1. The summed E-state index contributed by atoms with van der Waals surface area (Å²) in [5.41, 5.74) is 1.90. The predicted octanol–water partition coefficient (Wildman–Crippen LogP) is 4.82. The largest absolute Gasteiger partial charge is 0.495 e. The first-order valence-electron chi connectivity index (χ1n) is 11.3. The van der Waals surface area contributed by atoms with E-state index < -0.39 is 0 Å². The summed E-state index contributed by atoms with van der Waals surface area (Å²) in [6.07, 6.45) is 8.68. The fourth-order valence-electron chi connectivity index (χ4n) is 5.06. The SMILES string of the molecule is COc1cccc2c(C(=O)N3CCN(C(C)C)CC3)cn(CC3CCCCC3)c12.Cl. The Morgan fingerprint density at radius 2 is 1.80 bits per heavy atom. The van der Waals surface area contributed by atoms with Gasteiger partial charge in [-0.3, -0.25) is 9.69 Å². The molecule has 4 rings (SSSR count). The van der Waals surface area contributed by atoms with Gasteiger partial charge in [0.2, 0.25) is 0 Å². The monoisotopic (exact) mass is 433 g/mol. The van der Waals surface area contributed by atoms with Gasteiger partial charge in [-0.05, 0) is 38.7 Å². The highest BCUT2D eigenvalue weighted by Gasteiger charge is 2.27. The average Bonchev–Trinajstić information content (AvgIpc) is 3.12. The Bertz CT molecular complexity index is 849. The molecule has 5 nitrogen and oxygen atoms in total. The quantitative estimate of drug-likeness (QED) is 0.678. The lowest BCUT2D eigenvalue weighted by molar-refractivity contribution is 0.0597. The van der Waals surface area contributed by atoms with Gasteiger partial charge in [0.15, 0.2) is 0 Å². The molecule has 2 fully saturated rings. The van der Waals surface area contributed by atoms with E-state index in [0.717, 1.165) is 54.9 Å². The third-order valence-electron chi connectivity index (χ3n) is 6.82. The first-order valence-corrected chi connectivity index (χ1v) is 11.3. The molecule has 1 saturated heterocycles. The van der Waals surface area contributed by atoms with Crippen LogP contribution in [0.5, 0.6) is 5.75 Å². The van der Waals surface area contributed by atoms with Crippen LogP contribution in [0.2, 0.25) is 0 Å². The summed E-state index contributed by atoms with van der Waals surface area (Å²) in [6.45, 7) is 8.93. The smallest absolute Gasteiger partial charge is 0.256 e. The van der Waals surface area contributed by atoms with E-state index >= 15 is 0 Å². The molecule has 1 aliphatic heterocycles. The second-order valence-corrected chi connectivity index (χ2v) is 8.98. The molecule has 2 aromatic rings. The molecule has 1 aromatic heterocycles. The molecule has 2 aliphatic rings. The predicted molar refractivity (Wildman–Crippen MR) is 125 cm³/mol. The van der Waals surface area contributed by atoms with Crippen molar-refractivity contribution in [3.8, 4) is 5.75 Å². The number of piperazine rings is 1. The van der Waals surface area contributed by atoms with Crippen LogP contribution in [0, 0.1) is 5.92 Å². The van der Waals surface area contributed by atoms with Crippen LogP contribution in [0.15, 0.2) is 24.4 Å². The highest BCUT2D eigenvalue weighted by molar-refractivity contribution is 6.08. The number of ether oxygens (including phenoxy) is 1. The number of carbonyl (C=O) groups is 1. The number of rotatable bonds is 5. The van der Waals surface area contributed by atoms with E-state index in [1.54, 1.807) is 7.11 Å². The van der Waals surface area contributed by atoms with Gasteiger partial charge in [0.05, 0.1) is 18.2 Å². The topological polar surface area (TPSA) is 37.7 Å². The summed E-state index contributed by atoms with van der Waals surface area (Å²) in [5, 5.41) is 1.02. The van der Waals surface area contributed by atoms with Crippen molar-refractivity contribution in [2.75, 3.05) is 33.3 Å². The van der Waals surface area contributed by atoms with Gasteiger partial charge in [-0.1, -0.05) is 31.4 Å². The molecule has 30 heavy (non-hydrogen) atoms. The van der Waals surface area contributed by atoms with E-state index in [-0.39, 0.29) is 18.3 Å². The molecular formula is C24H36ClN3O2. The third-order valence-corrected chi connectivity index (χ3v) is 6.82. The van der Waals surface area contributed by atoms with Crippen LogP contribution >= 0.6 is 12.4 Å². The van der Waals surface area contributed by atoms with Gasteiger partial charge in [-0.25, -0.2) is 0 Å². The van der Waals surface area contributed by atoms with Crippen LogP contribution in [0.1, 0.15) is 56.3 Å². The Balaban J connectivity index is 0.00000256. The van der Waals surface area contributed by atoms with Gasteiger partial charge >= 0.3 is 0 Å². The maximum Gasteiger partial charge on any atom is 0.256 e. The molecule has 1 saturated carbocycles. The van der Waals surface area contributed by atoms with Crippen LogP contribution in [-0.2, 0) is 6.54 Å². The lowest BCUT2D eigenvalue weighted by Gasteiger charge is -2.36. The van der Waals surface area contributed by atoms with Gasteiger partial charge in [0.1, 0.15) is 5.75 Å². The zero-order valence-electron chi connectivity index (χ0n) is 18.6. The number of benzene rings is 1. The number of halogens is 1. The highest BCUT2D eigenvalue weighted by Crippen LogP contribution is 2.33. The third kappa shape index (κ3) is 4.62. The summed E-state index contributed by atoms with van der Waals surface area (Å²) in [4.78, 5) is 17.9.